The van der Waals surface area contributed by atoms with Gasteiger partial charge in [-0.3, -0.25) is 14.9 Å². The van der Waals surface area contributed by atoms with Gasteiger partial charge >= 0.3 is 0 Å². The fourth-order valence-electron chi connectivity index (χ4n) is 2.17. The highest BCUT2D eigenvalue weighted by Crippen LogP contribution is 2.24. The van der Waals surface area contributed by atoms with E-state index in [1.807, 2.05) is 0 Å². The van der Waals surface area contributed by atoms with E-state index >= 15 is 0 Å². The highest BCUT2D eigenvalue weighted by atomic mass is 35.5. The summed E-state index contributed by atoms with van der Waals surface area (Å²) >= 11 is 5.96. The molecular weight excluding hydrogens is 322 g/mol. The predicted octanol–water partition coefficient (Wildman–Crippen LogP) is 2.45. The van der Waals surface area contributed by atoms with Crippen LogP contribution in [0.1, 0.15) is 18.4 Å². The molecule has 1 N–H and O–H groups in total. The van der Waals surface area contributed by atoms with E-state index in [2.05, 4.69) is 5.32 Å². The number of carbonyl (C=O) groups is 1. The summed E-state index contributed by atoms with van der Waals surface area (Å²) < 4.78 is 5.38. The molecule has 1 amide bonds. The lowest BCUT2D eigenvalue weighted by atomic mass is 10.1. The van der Waals surface area contributed by atoms with Crippen molar-refractivity contribution in [1.29, 1.82) is 5.26 Å². The van der Waals surface area contributed by atoms with Gasteiger partial charge in [0.25, 0.3) is 11.6 Å². The Bertz CT molecular complexity index is 690. The summed E-state index contributed by atoms with van der Waals surface area (Å²) in [5.74, 6) is -0.564. The van der Waals surface area contributed by atoms with Crippen molar-refractivity contribution in [3.05, 3.63) is 44.5 Å². The molecular formula is C15H14ClN3O4. The van der Waals surface area contributed by atoms with Gasteiger partial charge in [0.05, 0.1) is 11.0 Å². The van der Waals surface area contributed by atoms with Crippen molar-refractivity contribution in [3.63, 3.8) is 0 Å². The van der Waals surface area contributed by atoms with Crippen LogP contribution in [0.5, 0.6) is 0 Å². The first-order chi connectivity index (χ1) is 11.0. The van der Waals surface area contributed by atoms with Gasteiger partial charge in [0.15, 0.2) is 0 Å². The van der Waals surface area contributed by atoms with Gasteiger partial charge < -0.3 is 10.1 Å². The Morgan fingerprint density at radius 3 is 3.00 bits per heavy atom. The van der Waals surface area contributed by atoms with Crippen molar-refractivity contribution in [3.8, 4) is 6.07 Å². The van der Waals surface area contributed by atoms with Gasteiger partial charge in [-0.25, -0.2) is 0 Å². The number of nitrogens with zero attached hydrogens (tertiary/aromatic N) is 2. The van der Waals surface area contributed by atoms with Crippen LogP contribution in [0.25, 0.3) is 6.08 Å². The van der Waals surface area contributed by atoms with Crippen LogP contribution in [-0.2, 0) is 9.53 Å². The molecule has 1 fully saturated rings. The third-order valence-corrected chi connectivity index (χ3v) is 3.71. The number of hydrogen-bond donors (Lipinski definition) is 1. The van der Waals surface area contributed by atoms with Crippen molar-refractivity contribution in [2.45, 2.75) is 18.9 Å². The monoisotopic (exact) mass is 335 g/mol. The van der Waals surface area contributed by atoms with Gasteiger partial charge in [-0.2, -0.15) is 5.26 Å². The van der Waals surface area contributed by atoms with Crippen molar-refractivity contribution in [2.75, 3.05) is 13.2 Å². The van der Waals surface area contributed by atoms with Gasteiger partial charge in [0.1, 0.15) is 11.6 Å². The Kier molecular flexibility index (Phi) is 5.68. The molecule has 0 spiro atoms. The number of halogens is 1. The maximum absolute atomic E-state index is 12.0. The lowest BCUT2D eigenvalue weighted by molar-refractivity contribution is -0.384. The van der Waals surface area contributed by atoms with Crippen molar-refractivity contribution < 1.29 is 14.5 Å². The van der Waals surface area contributed by atoms with Gasteiger partial charge in [-0.15, -0.1) is 0 Å². The number of nitrogens with one attached hydrogen (secondary N) is 1. The summed E-state index contributed by atoms with van der Waals surface area (Å²) in [6.45, 7) is 0.991. The first-order valence-corrected chi connectivity index (χ1v) is 7.34. The molecule has 1 atom stereocenters. The summed E-state index contributed by atoms with van der Waals surface area (Å²) in [6.07, 6.45) is 3.01. The summed E-state index contributed by atoms with van der Waals surface area (Å²) in [5.41, 5.74) is -0.104. The zero-order valence-corrected chi connectivity index (χ0v) is 12.9. The molecule has 1 aliphatic heterocycles. The molecule has 120 valence electrons. The smallest absolute Gasteiger partial charge is 0.270 e. The molecule has 8 heteroatoms. The fourth-order valence-corrected chi connectivity index (χ4v) is 2.34. The lowest BCUT2D eigenvalue weighted by Crippen LogP contribution is -2.32. The van der Waals surface area contributed by atoms with Crippen LogP contribution in [0.3, 0.4) is 0 Å². The molecule has 7 nitrogen and oxygen atoms in total. The summed E-state index contributed by atoms with van der Waals surface area (Å²) in [4.78, 5) is 22.2. The zero-order chi connectivity index (χ0) is 16.8. The maximum atomic E-state index is 12.0. The van der Waals surface area contributed by atoms with Crippen molar-refractivity contribution in [1.82, 2.24) is 5.32 Å². The number of hydrogen-bond acceptors (Lipinski definition) is 5. The Hall–Kier alpha value is -2.43. The average Bonchev–Trinajstić information content (AvgIpc) is 3.05. The predicted molar refractivity (Wildman–Crippen MR) is 83.7 cm³/mol. The van der Waals surface area contributed by atoms with Crippen LogP contribution >= 0.6 is 11.6 Å². The van der Waals surface area contributed by atoms with Gasteiger partial charge in [-0.1, -0.05) is 11.6 Å². The van der Waals surface area contributed by atoms with Gasteiger partial charge in [0, 0.05) is 35.9 Å². The number of nitro benzene ring substituents is 1. The summed E-state index contributed by atoms with van der Waals surface area (Å²) in [5, 5.41) is 22.8. The van der Waals surface area contributed by atoms with Gasteiger partial charge in [0.2, 0.25) is 0 Å². The van der Waals surface area contributed by atoms with Crippen LogP contribution < -0.4 is 5.32 Å². The molecule has 1 aromatic rings. The van der Waals surface area contributed by atoms with Crippen LogP contribution in [0.15, 0.2) is 23.8 Å². The van der Waals surface area contributed by atoms with Crippen LogP contribution in [0, 0.1) is 21.4 Å². The third-order valence-electron chi connectivity index (χ3n) is 3.37. The minimum Gasteiger partial charge on any atom is -0.376 e. The Morgan fingerprint density at radius 1 is 1.61 bits per heavy atom. The number of non-ortho nitro benzene ring substituents is 1. The van der Waals surface area contributed by atoms with E-state index in [-0.39, 0.29) is 28.0 Å². The lowest BCUT2D eigenvalue weighted by Gasteiger charge is -2.10. The molecule has 2 rings (SSSR count). The van der Waals surface area contributed by atoms with E-state index in [1.165, 1.54) is 24.3 Å². The maximum Gasteiger partial charge on any atom is 0.270 e. The van der Waals surface area contributed by atoms with E-state index in [9.17, 15) is 14.9 Å². The topological polar surface area (TPSA) is 105 Å². The highest BCUT2D eigenvalue weighted by Gasteiger charge is 2.18. The van der Waals surface area contributed by atoms with Crippen molar-refractivity contribution in [2.24, 2.45) is 0 Å². The number of ether oxygens (including phenoxy) is 1. The van der Waals surface area contributed by atoms with E-state index in [0.717, 1.165) is 12.8 Å². The van der Waals surface area contributed by atoms with Crippen LogP contribution in [0.4, 0.5) is 5.69 Å². The number of amides is 1. The molecule has 23 heavy (non-hydrogen) atoms. The Morgan fingerprint density at radius 2 is 2.39 bits per heavy atom. The molecule has 0 unspecified atom stereocenters. The number of nitriles is 1. The average molecular weight is 336 g/mol. The second-order valence-electron chi connectivity index (χ2n) is 4.98. The second kappa shape index (κ2) is 7.72. The van der Waals surface area contributed by atoms with E-state index in [4.69, 9.17) is 21.6 Å². The van der Waals surface area contributed by atoms with E-state index in [1.54, 1.807) is 6.07 Å². The highest BCUT2D eigenvalue weighted by molar-refractivity contribution is 6.32. The molecule has 0 radical (unpaired) electrons. The number of benzene rings is 1. The van der Waals surface area contributed by atoms with E-state index in [0.29, 0.717) is 13.2 Å². The Balaban J connectivity index is 2.14. The standard InChI is InChI=1S/C15H14ClN3O4/c16-14-4-3-12(19(21)22)7-10(14)6-11(8-17)15(20)18-9-13-2-1-5-23-13/h3-4,6-7,13H,1-2,5,9H2,(H,18,20)/b11-6+/t13-/m0/s1. The zero-order valence-electron chi connectivity index (χ0n) is 12.1. The van der Waals surface area contributed by atoms with Crippen LogP contribution in [0.2, 0.25) is 5.02 Å². The number of nitro groups is 1. The quantitative estimate of drug-likeness (QED) is 0.385. The SMILES string of the molecule is N#C/C(=C\c1cc([N+](=O)[O-])ccc1Cl)C(=O)NC[C@@H]1CCCO1. The number of rotatable bonds is 5. The first-order valence-electron chi connectivity index (χ1n) is 6.97. The van der Waals surface area contributed by atoms with E-state index < -0.39 is 10.8 Å². The fraction of sp³-hybridized carbons (Fsp3) is 0.333. The molecule has 1 aliphatic rings. The minimum atomic E-state index is -0.572. The number of carbonyl (C=O) groups excluding carboxylic acids is 1. The molecule has 1 saturated heterocycles. The summed E-state index contributed by atoms with van der Waals surface area (Å²) in [6, 6.07) is 5.60. The second-order valence-corrected chi connectivity index (χ2v) is 5.38. The largest absolute Gasteiger partial charge is 0.376 e. The minimum absolute atomic E-state index is 0.0414. The molecule has 0 saturated carbocycles. The normalized spacial score (nSPS) is 17.6. The molecule has 0 aromatic heterocycles. The molecule has 0 aliphatic carbocycles. The molecule has 1 heterocycles. The van der Waals surface area contributed by atoms with Gasteiger partial charge in [-0.05, 0) is 25.0 Å². The van der Waals surface area contributed by atoms with Crippen molar-refractivity contribution >= 4 is 29.3 Å². The Labute approximate surface area is 137 Å². The molecule has 0 bridgehead atoms. The molecule has 1 aromatic carbocycles. The first kappa shape index (κ1) is 16.9. The third kappa shape index (κ3) is 4.52. The summed E-state index contributed by atoms with van der Waals surface area (Å²) in [7, 11) is 0. The van der Waals surface area contributed by atoms with Crippen LogP contribution in [-0.4, -0.2) is 30.1 Å².